The normalized spacial score (nSPS) is 22.0. The number of guanidine groups is 1. The summed E-state index contributed by atoms with van der Waals surface area (Å²) in [7, 11) is 2.19. The second-order valence-electron chi connectivity index (χ2n) is 6.43. The summed E-state index contributed by atoms with van der Waals surface area (Å²) >= 11 is 0. The van der Waals surface area contributed by atoms with Crippen molar-refractivity contribution in [3.63, 3.8) is 0 Å². The highest BCUT2D eigenvalue weighted by Crippen LogP contribution is 2.16. The van der Waals surface area contributed by atoms with Gasteiger partial charge in [0.05, 0.1) is 0 Å². The van der Waals surface area contributed by atoms with Crippen LogP contribution in [0.5, 0.6) is 0 Å². The second-order valence-corrected chi connectivity index (χ2v) is 6.43. The molecule has 1 N–H and O–H groups in total. The average Bonchev–Trinajstić information content (AvgIpc) is 2.53. The van der Waals surface area contributed by atoms with Crippen molar-refractivity contribution in [2.24, 2.45) is 10.9 Å². The SMILES string of the molecule is CCNC(=NCC1CCN(C)CC1)N1CCN(C(C)=O)CC1. The van der Waals surface area contributed by atoms with Crippen molar-refractivity contribution in [3.8, 4) is 0 Å². The van der Waals surface area contributed by atoms with E-state index in [0.717, 1.165) is 45.2 Å². The van der Waals surface area contributed by atoms with Crippen LogP contribution in [0.15, 0.2) is 4.99 Å². The van der Waals surface area contributed by atoms with E-state index in [9.17, 15) is 4.79 Å². The maximum Gasteiger partial charge on any atom is 0.219 e. The first-order valence-corrected chi connectivity index (χ1v) is 8.57. The number of carbonyl (C=O) groups excluding carboxylic acids is 1. The number of piperidine rings is 1. The highest BCUT2D eigenvalue weighted by Gasteiger charge is 2.22. The molecule has 0 bridgehead atoms. The van der Waals surface area contributed by atoms with Gasteiger partial charge in [0.2, 0.25) is 5.91 Å². The number of piperazine rings is 1. The molecule has 0 aromatic rings. The van der Waals surface area contributed by atoms with Gasteiger partial charge in [-0.15, -0.1) is 0 Å². The van der Waals surface area contributed by atoms with Gasteiger partial charge in [-0.3, -0.25) is 9.79 Å². The third-order valence-electron chi connectivity index (χ3n) is 4.70. The number of aliphatic imine (C=N–C) groups is 1. The fourth-order valence-electron chi connectivity index (χ4n) is 3.12. The maximum absolute atomic E-state index is 11.4. The molecule has 6 nitrogen and oxygen atoms in total. The molecule has 126 valence electrons. The Morgan fingerprint density at radius 2 is 1.68 bits per heavy atom. The van der Waals surface area contributed by atoms with Crippen molar-refractivity contribution >= 4 is 11.9 Å². The first kappa shape index (κ1) is 17.1. The number of amides is 1. The lowest BCUT2D eigenvalue weighted by Gasteiger charge is -2.36. The molecule has 22 heavy (non-hydrogen) atoms. The molecule has 0 atom stereocenters. The summed E-state index contributed by atoms with van der Waals surface area (Å²) in [5.41, 5.74) is 0. The zero-order valence-corrected chi connectivity index (χ0v) is 14.3. The third kappa shape index (κ3) is 4.87. The van der Waals surface area contributed by atoms with Crippen LogP contribution < -0.4 is 5.32 Å². The van der Waals surface area contributed by atoms with Crippen molar-refractivity contribution in [1.29, 1.82) is 0 Å². The largest absolute Gasteiger partial charge is 0.357 e. The molecule has 0 radical (unpaired) electrons. The molecule has 0 aliphatic carbocycles. The van der Waals surface area contributed by atoms with Crippen LogP contribution in [0.4, 0.5) is 0 Å². The second kappa shape index (κ2) is 8.36. The third-order valence-corrected chi connectivity index (χ3v) is 4.70. The summed E-state index contributed by atoms with van der Waals surface area (Å²) in [5, 5.41) is 3.41. The molecule has 0 spiro atoms. The van der Waals surface area contributed by atoms with Gasteiger partial charge in [0.25, 0.3) is 0 Å². The minimum absolute atomic E-state index is 0.174. The van der Waals surface area contributed by atoms with E-state index < -0.39 is 0 Å². The Hall–Kier alpha value is -1.30. The van der Waals surface area contributed by atoms with Gasteiger partial charge in [-0.2, -0.15) is 0 Å². The van der Waals surface area contributed by atoms with Gasteiger partial charge in [-0.25, -0.2) is 0 Å². The number of nitrogens with one attached hydrogen (secondary N) is 1. The van der Waals surface area contributed by atoms with Gasteiger partial charge < -0.3 is 20.0 Å². The predicted molar refractivity (Wildman–Crippen MR) is 90.0 cm³/mol. The zero-order chi connectivity index (χ0) is 15.9. The van der Waals surface area contributed by atoms with Gasteiger partial charge in [-0.1, -0.05) is 0 Å². The molecule has 0 aromatic carbocycles. The molecular weight excluding hydrogens is 278 g/mol. The number of hydrogen-bond donors (Lipinski definition) is 1. The molecule has 2 aliphatic heterocycles. The summed E-state index contributed by atoms with van der Waals surface area (Å²) < 4.78 is 0. The van der Waals surface area contributed by atoms with E-state index in [0.29, 0.717) is 5.92 Å². The molecule has 1 amide bonds. The van der Waals surface area contributed by atoms with Crippen LogP contribution in [0.2, 0.25) is 0 Å². The highest BCUT2D eigenvalue weighted by atomic mass is 16.2. The molecule has 2 aliphatic rings. The average molecular weight is 309 g/mol. The number of rotatable bonds is 3. The van der Waals surface area contributed by atoms with Gasteiger partial charge in [0.1, 0.15) is 0 Å². The van der Waals surface area contributed by atoms with Crippen LogP contribution in [-0.4, -0.2) is 86.0 Å². The topological polar surface area (TPSA) is 51.2 Å². The first-order valence-electron chi connectivity index (χ1n) is 8.57. The van der Waals surface area contributed by atoms with E-state index >= 15 is 0 Å². The van der Waals surface area contributed by atoms with Crippen LogP contribution in [0.3, 0.4) is 0 Å². The molecule has 2 rings (SSSR count). The fraction of sp³-hybridized carbons (Fsp3) is 0.875. The molecular formula is C16H31N5O. The van der Waals surface area contributed by atoms with Crippen molar-refractivity contribution < 1.29 is 4.79 Å². The van der Waals surface area contributed by atoms with E-state index in [1.54, 1.807) is 6.92 Å². The van der Waals surface area contributed by atoms with Crippen molar-refractivity contribution in [2.75, 3.05) is 59.4 Å². The Morgan fingerprint density at radius 1 is 1.09 bits per heavy atom. The van der Waals surface area contributed by atoms with Crippen LogP contribution in [0, 0.1) is 5.92 Å². The van der Waals surface area contributed by atoms with Gasteiger partial charge in [0.15, 0.2) is 5.96 Å². The predicted octanol–water partition coefficient (Wildman–Crippen LogP) is 0.458. The van der Waals surface area contributed by atoms with E-state index in [2.05, 4.69) is 29.1 Å². The summed E-state index contributed by atoms with van der Waals surface area (Å²) in [4.78, 5) is 22.9. The Balaban J connectivity index is 1.86. The van der Waals surface area contributed by atoms with Crippen LogP contribution in [-0.2, 0) is 4.79 Å². The van der Waals surface area contributed by atoms with Gasteiger partial charge in [0, 0.05) is 46.2 Å². The highest BCUT2D eigenvalue weighted by molar-refractivity contribution is 5.80. The lowest BCUT2D eigenvalue weighted by atomic mass is 9.97. The smallest absolute Gasteiger partial charge is 0.219 e. The van der Waals surface area contributed by atoms with E-state index in [1.807, 2.05) is 4.90 Å². The Kier molecular flexibility index (Phi) is 6.49. The molecule has 2 fully saturated rings. The first-order chi connectivity index (χ1) is 10.6. The van der Waals surface area contributed by atoms with Crippen LogP contribution in [0.25, 0.3) is 0 Å². The molecule has 2 heterocycles. The zero-order valence-electron chi connectivity index (χ0n) is 14.3. The maximum atomic E-state index is 11.4. The number of nitrogens with zero attached hydrogens (tertiary/aromatic N) is 4. The summed E-state index contributed by atoms with van der Waals surface area (Å²) in [6.07, 6.45) is 2.50. The summed E-state index contributed by atoms with van der Waals surface area (Å²) in [5.74, 6) is 1.90. The fourth-order valence-corrected chi connectivity index (χ4v) is 3.12. The molecule has 2 saturated heterocycles. The monoisotopic (exact) mass is 309 g/mol. The van der Waals surface area contributed by atoms with Crippen LogP contribution in [0.1, 0.15) is 26.7 Å². The quantitative estimate of drug-likeness (QED) is 0.608. The Bertz CT molecular complexity index is 382. The molecule has 0 unspecified atom stereocenters. The van der Waals surface area contributed by atoms with Gasteiger partial charge in [-0.05, 0) is 45.8 Å². The molecule has 0 aromatic heterocycles. The molecule has 6 heteroatoms. The summed E-state index contributed by atoms with van der Waals surface area (Å²) in [6, 6.07) is 0. The molecule has 0 saturated carbocycles. The minimum atomic E-state index is 0.174. The van der Waals surface area contributed by atoms with Crippen molar-refractivity contribution in [3.05, 3.63) is 0 Å². The Labute approximate surface area is 134 Å². The van der Waals surface area contributed by atoms with Crippen molar-refractivity contribution in [2.45, 2.75) is 26.7 Å². The standard InChI is InChI=1S/C16H31N5O/c1-4-17-16(18-13-15-5-7-19(3)8-6-15)21-11-9-20(10-12-21)14(2)22/h15H,4-13H2,1-3H3,(H,17,18). The lowest BCUT2D eigenvalue weighted by Crippen LogP contribution is -2.53. The Morgan fingerprint density at radius 3 is 2.23 bits per heavy atom. The number of hydrogen-bond acceptors (Lipinski definition) is 3. The number of carbonyl (C=O) groups is 1. The van der Waals surface area contributed by atoms with E-state index in [4.69, 9.17) is 4.99 Å². The van der Waals surface area contributed by atoms with E-state index in [1.165, 1.54) is 25.9 Å². The lowest BCUT2D eigenvalue weighted by molar-refractivity contribution is -0.130. The van der Waals surface area contributed by atoms with Crippen molar-refractivity contribution in [1.82, 2.24) is 20.0 Å². The van der Waals surface area contributed by atoms with E-state index in [-0.39, 0.29) is 5.91 Å². The van der Waals surface area contributed by atoms with Crippen LogP contribution >= 0.6 is 0 Å². The van der Waals surface area contributed by atoms with Gasteiger partial charge >= 0.3 is 0 Å². The minimum Gasteiger partial charge on any atom is -0.357 e. The number of likely N-dealkylation sites (tertiary alicyclic amines) is 1. The summed E-state index contributed by atoms with van der Waals surface area (Å²) in [6.45, 7) is 11.3.